The van der Waals surface area contributed by atoms with Crippen molar-refractivity contribution >= 4 is 44.6 Å². The zero-order valence-electron chi connectivity index (χ0n) is 15.1. The molecule has 0 saturated carbocycles. The molecule has 0 spiro atoms. The minimum Gasteiger partial charge on any atom is -0.298 e. The number of aromatic nitrogens is 3. The third-order valence-corrected chi connectivity index (χ3v) is 6.07. The lowest BCUT2D eigenvalue weighted by Crippen LogP contribution is -2.13. The number of fused-ring (bicyclic) bond motifs is 1. The van der Waals surface area contributed by atoms with Gasteiger partial charge in [-0.25, -0.2) is 9.97 Å². The van der Waals surface area contributed by atoms with E-state index in [9.17, 15) is 4.79 Å². The average Bonchev–Trinajstić information content (AvgIpc) is 3.46. The number of carbonyl (C=O) groups excluding carboxylic acids is 1. The van der Waals surface area contributed by atoms with Crippen LogP contribution in [0.4, 0.5) is 5.13 Å². The molecule has 5 rings (SSSR count). The molecule has 7 heteroatoms. The normalized spacial score (nSPS) is 10.9. The van der Waals surface area contributed by atoms with Gasteiger partial charge in [0.2, 0.25) is 0 Å². The number of rotatable bonds is 4. The summed E-state index contributed by atoms with van der Waals surface area (Å²) < 4.78 is 0. The highest BCUT2D eigenvalue weighted by molar-refractivity contribution is 7.14. The molecule has 140 valence electrons. The summed E-state index contributed by atoms with van der Waals surface area (Å²) in [5.41, 5.74) is 3.87. The molecular formula is C22H14N4OS2. The number of nitrogens with zero attached hydrogens (tertiary/aromatic N) is 3. The largest absolute Gasteiger partial charge is 0.298 e. The van der Waals surface area contributed by atoms with Crippen LogP contribution in [0.25, 0.3) is 32.7 Å². The molecule has 0 aliphatic heterocycles. The van der Waals surface area contributed by atoms with E-state index in [0.29, 0.717) is 10.7 Å². The van der Waals surface area contributed by atoms with Gasteiger partial charge >= 0.3 is 0 Å². The number of hydrogen-bond donors (Lipinski definition) is 1. The molecule has 5 nitrogen and oxygen atoms in total. The Kier molecular flexibility index (Phi) is 4.59. The van der Waals surface area contributed by atoms with Crippen LogP contribution >= 0.6 is 22.7 Å². The van der Waals surface area contributed by atoms with Gasteiger partial charge in [-0.3, -0.25) is 15.1 Å². The van der Waals surface area contributed by atoms with Gasteiger partial charge in [-0.1, -0.05) is 24.3 Å². The number of amides is 1. The first kappa shape index (κ1) is 17.7. The number of nitrogens with one attached hydrogen (secondary N) is 1. The van der Waals surface area contributed by atoms with Crippen molar-refractivity contribution in [2.24, 2.45) is 0 Å². The summed E-state index contributed by atoms with van der Waals surface area (Å²) in [5, 5.41) is 8.21. The van der Waals surface area contributed by atoms with Gasteiger partial charge in [-0.15, -0.1) is 22.7 Å². The number of pyridine rings is 2. The summed E-state index contributed by atoms with van der Waals surface area (Å²) in [5.74, 6) is -0.200. The van der Waals surface area contributed by atoms with Crippen molar-refractivity contribution in [3.63, 3.8) is 0 Å². The van der Waals surface area contributed by atoms with Gasteiger partial charge in [-0.05, 0) is 35.7 Å². The quantitative estimate of drug-likeness (QED) is 0.407. The van der Waals surface area contributed by atoms with Crippen LogP contribution in [0.15, 0.2) is 77.8 Å². The molecule has 0 aliphatic rings. The Morgan fingerprint density at radius 1 is 0.931 bits per heavy atom. The summed E-state index contributed by atoms with van der Waals surface area (Å²) in [4.78, 5) is 27.5. The van der Waals surface area contributed by atoms with Crippen molar-refractivity contribution in [2.45, 2.75) is 0 Å². The standard InChI is InChI=1S/C22H14N4OS2/c27-21(26-22-25-19(13-29-22)14-5-3-9-23-12-14)16-11-18(20-8-4-10-28-20)24-17-7-2-1-6-15(16)17/h1-13H,(H,25,26,27). The van der Waals surface area contributed by atoms with Gasteiger partial charge in [0.15, 0.2) is 5.13 Å². The van der Waals surface area contributed by atoms with Crippen LogP contribution in [-0.4, -0.2) is 20.9 Å². The summed E-state index contributed by atoms with van der Waals surface area (Å²) in [6, 6.07) is 17.3. The summed E-state index contributed by atoms with van der Waals surface area (Å²) in [6.45, 7) is 0. The van der Waals surface area contributed by atoms with Crippen molar-refractivity contribution < 1.29 is 4.79 Å². The van der Waals surface area contributed by atoms with Gasteiger partial charge < -0.3 is 0 Å². The number of hydrogen-bond acceptors (Lipinski definition) is 6. The Labute approximate surface area is 174 Å². The van der Waals surface area contributed by atoms with Crippen molar-refractivity contribution in [1.82, 2.24) is 15.0 Å². The lowest BCUT2D eigenvalue weighted by atomic mass is 10.1. The van der Waals surface area contributed by atoms with Gasteiger partial charge in [0, 0.05) is 28.7 Å². The van der Waals surface area contributed by atoms with Crippen LogP contribution in [-0.2, 0) is 0 Å². The van der Waals surface area contributed by atoms with Gasteiger partial charge in [0.1, 0.15) is 0 Å². The van der Waals surface area contributed by atoms with Crippen molar-refractivity contribution in [1.29, 1.82) is 0 Å². The lowest BCUT2D eigenvalue weighted by Gasteiger charge is -2.08. The molecule has 0 aliphatic carbocycles. The molecule has 0 radical (unpaired) electrons. The smallest absolute Gasteiger partial charge is 0.258 e. The molecule has 4 heterocycles. The predicted molar refractivity (Wildman–Crippen MR) is 118 cm³/mol. The number of thiophene rings is 1. The van der Waals surface area contributed by atoms with E-state index in [2.05, 4.69) is 15.3 Å². The van der Waals surface area contributed by atoms with E-state index in [1.807, 2.05) is 65.4 Å². The molecule has 1 N–H and O–H groups in total. The number of carbonyl (C=O) groups is 1. The Hall–Kier alpha value is -3.42. The van der Waals surface area contributed by atoms with Crippen LogP contribution in [0, 0.1) is 0 Å². The Morgan fingerprint density at radius 3 is 2.69 bits per heavy atom. The molecule has 1 aromatic carbocycles. The summed E-state index contributed by atoms with van der Waals surface area (Å²) in [6.07, 6.45) is 3.47. The van der Waals surface area contributed by atoms with Crippen LogP contribution < -0.4 is 5.32 Å². The Balaban J connectivity index is 1.50. The first-order valence-electron chi connectivity index (χ1n) is 8.89. The predicted octanol–water partition coefficient (Wildman–Crippen LogP) is 5.73. The van der Waals surface area contributed by atoms with E-state index in [0.717, 1.165) is 32.7 Å². The van der Waals surface area contributed by atoms with Crippen LogP contribution in [0.3, 0.4) is 0 Å². The number of para-hydroxylation sites is 1. The Morgan fingerprint density at radius 2 is 1.86 bits per heavy atom. The van der Waals surface area contributed by atoms with E-state index in [-0.39, 0.29) is 5.91 Å². The van der Waals surface area contributed by atoms with E-state index >= 15 is 0 Å². The number of anilines is 1. The topological polar surface area (TPSA) is 67.8 Å². The summed E-state index contributed by atoms with van der Waals surface area (Å²) >= 11 is 2.99. The maximum absolute atomic E-state index is 13.1. The second-order valence-electron chi connectivity index (χ2n) is 6.28. The highest BCUT2D eigenvalue weighted by atomic mass is 32.1. The molecule has 0 fully saturated rings. The maximum atomic E-state index is 13.1. The lowest BCUT2D eigenvalue weighted by molar-refractivity contribution is 0.102. The molecule has 4 aromatic heterocycles. The van der Waals surface area contributed by atoms with Crippen LogP contribution in [0.1, 0.15) is 10.4 Å². The van der Waals surface area contributed by atoms with E-state index < -0.39 is 0 Å². The fraction of sp³-hybridized carbons (Fsp3) is 0. The first-order valence-corrected chi connectivity index (χ1v) is 10.6. The van der Waals surface area contributed by atoms with Gasteiger partial charge in [-0.2, -0.15) is 0 Å². The van der Waals surface area contributed by atoms with Crippen LogP contribution in [0.2, 0.25) is 0 Å². The molecule has 0 unspecified atom stereocenters. The maximum Gasteiger partial charge on any atom is 0.258 e. The Bertz CT molecular complexity index is 1300. The van der Waals surface area contributed by atoms with E-state index in [1.165, 1.54) is 11.3 Å². The average molecular weight is 415 g/mol. The third kappa shape index (κ3) is 3.53. The van der Waals surface area contributed by atoms with E-state index in [1.54, 1.807) is 23.7 Å². The van der Waals surface area contributed by atoms with Crippen molar-refractivity contribution in [3.8, 4) is 21.8 Å². The number of benzene rings is 1. The molecule has 0 bridgehead atoms. The summed E-state index contributed by atoms with van der Waals surface area (Å²) in [7, 11) is 0. The van der Waals surface area contributed by atoms with Crippen molar-refractivity contribution in [2.75, 3.05) is 5.32 Å². The molecular weight excluding hydrogens is 400 g/mol. The zero-order chi connectivity index (χ0) is 19.6. The SMILES string of the molecule is O=C(Nc1nc(-c2cccnc2)cs1)c1cc(-c2cccs2)nc2ccccc12. The first-order chi connectivity index (χ1) is 14.3. The fourth-order valence-electron chi connectivity index (χ4n) is 3.06. The van der Waals surface area contributed by atoms with Crippen molar-refractivity contribution in [3.05, 3.63) is 83.3 Å². The van der Waals surface area contributed by atoms with Gasteiger partial charge in [0.05, 0.1) is 27.3 Å². The van der Waals surface area contributed by atoms with Crippen LogP contribution in [0.5, 0.6) is 0 Å². The second-order valence-corrected chi connectivity index (χ2v) is 8.09. The van der Waals surface area contributed by atoms with Gasteiger partial charge in [0.25, 0.3) is 5.91 Å². The van der Waals surface area contributed by atoms with E-state index in [4.69, 9.17) is 4.98 Å². The molecule has 0 atom stereocenters. The molecule has 0 saturated heterocycles. The second kappa shape index (κ2) is 7.54. The monoisotopic (exact) mass is 414 g/mol. The molecule has 29 heavy (non-hydrogen) atoms. The zero-order valence-corrected chi connectivity index (χ0v) is 16.7. The highest BCUT2D eigenvalue weighted by Crippen LogP contribution is 2.29. The minimum absolute atomic E-state index is 0.200. The highest BCUT2D eigenvalue weighted by Gasteiger charge is 2.16. The third-order valence-electron chi connectivity index (χ3n) is 4.42. The fourth-order valence-corrected chi connectivity index (χ4v) is 4.46. The molecule has 5 aromatic rings. The number of thiazole rings is 1. The molecule has 1 amide bonds. The minimum atomic E-state index is -0.200.